The second-order valence-electron chi connectivity index (χ2n) is 10.8. The van der Waals surface area contributed by atoms with E-state index in [2.05, 4.69) is 85.1 Å². The zero-order chi connectivity index (χ0) is 34.0. The average molecular weight is 623 g/mol. The number of rotatable bonds is 7. The Morgan fingerprint density at radius 3 is 2.09 bits per heavy atom. The van der Waals surface area contributed by atoms with Gasteiger partial charge >= 0.3 is 0 Å². The number of hydrogen-bond acceptors (Lipinski definition) is 4. The van der Waals surface area contributed by atoms with Gasteiger partial charge in [0.05, 0.1) is 11.4 Å². The van der Waals surface area contributed by atoms with E-state index in [0.29, 0.717) is 5.82 Å². The minimum absolute atomic E-state index is 0.701. The molecule has 1 aromatic heterocycles. The first kappa shape index (κ1) is 36.3. The summed E-state index contributed by atoms with van der Waals surface area (Å²) in [6.07, 6.45) is 20.8. The van der Waals surface area contributed by atoms with Gasteiger partial charge in [0.2, 0.25) is 0 Å². The monoisotopic (exact) mass is 622 g/mol. The lowest BCUT2D eigenvalue weighted by atomic mass is 9.94. The molecule has 0 unspecified atom stereocenters. The molecule has 0 fully saturated rings. The summed E-state index contributed by atoms with van der Waals surface area (Å²) in [4.78, 5) is 10.1. The summed E-state index contributed by atoms with van der Waals surface area (Å²) >= 11 is 0. The third-order valence-electron chi connectivity index (χ3n) is 7.53. The lowest BCUT2D eigenvalue weighted by molar-refractivity contribution is 0.925. The fourth-order valence-corrected chi connectivity index (χ4v) is 4.92. The van der Waals surface area contributed by atoms with E-state index < -0.39 is 0 Å². The first-order valence-electron chi connectivity index (χ1n) is 16.5. The van der Waals surface area contributed by atoms with Crippen molar-refractivity contribution in [3.63, 3.8) is 0 Å². The van der Waals surface area contributed by atoms with Crippen molar-refractivity contribution in [1.29, 1.82) is 0 Å². The van der Waals surface area contributed by atoms with Crippen LogP contribution in [0.2, 0.25) is 0 Å². The number of benzene rings is 3. The predicted molar refractivity (Wildman–Crippen MR) is 207 cm³/mol. The molecule has 0 saturated carbocycles. The Kier molecular flexibility index (Phi) is 14.9. The molecule has 4 heteroatoms. The Morgan fingerprint density at radius 1 is 0.745 bits per heavy atom. The molecule has 1 heterocycles. The Morgan fingerprint density at radius 2 is 1.43 bits per heavy atom. The van der Waals surface area contributed by atoms with Crippen LogP contribution in [0.3, 0.4) is 0 Å². The summed E-state index contributed by atoms with van der Waals surface area (Å²) in [5.41, 5.74) is 17.6. The number of nitrogens with one attached hydrogen (secondary N) is 1. The molecule has 0 saturated heterocycles. The minimum Gasteiger partial charge on any atom is -0.399 e. The largest absolute Gasteiger partial charge is 0.399 e. The van der Waals surface area contributed by atoms with E-state index in [1.807, 2.05) is 102 Å². The van der Waals surface area contributed by atoms with Crippen LogP contribution in [0.15, 0.2) is 139 Å². The quantitative estimate of drug-likeness (QED) is 0.159. The molecule has 4 aromatic rings. The van der Waals surface area contributed by atoms with Crippen LogP contribution in [0.1, 0.15) is 65.6 Å². The van der Waals surface area contributed by atoms with Crippen molar-refractivity contribution in [3.8, 4) is 33.8 Å². The topological polar surface area (TPSA) is 63.8 Å². The first-order valence-corrected chi connectivity index (χ1v) is 16.5. The van der Waals surface area contributed by atoms with Crippen LogP contribution in [0.5, 0.6) is 0 Å². The van der Waals surface area contributed by atoms with Crippen molar-refractivity contribution in [3.05, 3.63) is 151 Å². The fraction of sp³-hybridized carbons (Fsp3) is 0.209. The lowest BCUT2D eigenvalue weighted by Crippen LogP contribution is -2.05. The Bertz CT molecular complexity index is 1760. The maximum atomic E-state index is 6.18. The fourth-order valence-electron chi connectivity index (χ4n) is 4.92. The van der Waals surface area contributed by atoms with E-state index in [9.17, 15) is 0 Å². The molecule has 0 amide bonds. The van der Waals surface area contributed by atoms with E-state index >= 15 is 0 Å². The molecule has 5 rings (SSSR count). The summed E-state index contributed by atoms with van der Waals surface area (Å²) in [5.74, 6) is 0.701. The van der Waals surface area contributed by atoms with Gasteiger partial charge in [-0.1, -0.05) is 111 Å². The van der Waals surface area contributed by atoms with Crippen LogP contribution in [-0.2, 0) is 0 Å². The number of nitrogen functional groups attached to an aromatic ring is 1. The van der Waals surface area contributed by atoms with E-state index in [1.165, 1.54) is 11.3 Å². The Labute approximate surface area is 282 Å². The third-order valence-corrected chi connectivity index (χ3v) is 7.53. The summed E-state index contributed by atoms with van der Waals surface area (Å²) in [7, 11) is 1.97. The van der Waals surface area contributed by atoms with Crippen LogP contribution in [-0.4, -0.2) is 17.0 Å². The standard InChI is InChI=1S/C35H34N4.C6H10.C2H6/c1-4-24(2)33-23-34(26-11-6-5-7-12-26)39-35(38-33)30-20-28(25-13-9-17-32(37-3)18-10-14-25)19-29(21-30)27-15-8-16-31(36)22-27;1-3-5-6-4-2;1-2/h4-9,11-16,18-23,37H,10,17,36H2,1-3H3;3-6H,1-2H3;1-2H3/b13-9?,24-4+,25-14?,32-18+;5-3-,6-4-;. The highest BCUT2D eigenvalue weighted by atomic mass is 14.9. The second-order valence-corrected chi connectivity index (χ2v) is 10.8. The number of aromatic nitrogens is 2. The lowest BCUT2D eigenvalue weighted by Gasteiger charge is -2.14. The number of anilines is 1. The van der Waals surface area contributed by atoms with Crippen LogP contribution in [0.4, 0.5) is 5.69 Å². The summed E-state index contributed by atoms with van der Waals surface area (Å²) in [6, 6.07) is 27.0. The SMILES string of the molecule is C/C=C(\C)c1cc(-c2ccccc2)nc(-c2cc(C3=CC/C=C(/NC)CC=C3)cc(-c3cccc(N)c3)c2)n1.C/C=C\C=C/C.CC. The number of nitrogens with two attached hydrogens (primary N) is 1. The molecule has 1 aliphatic rings. The van der Waals surface area contributed by atoms with Crippen molar-refractivity contribution in [2.24, 2.45) is 0 Å². The number of nitrogens with zero attached hydrogens (tertiary/aromatic N) is 2. The molecular formula is C43H50N4. The first-order chi connectivity index (χ1) is 22.9. The zero-order valence-corrected chi connectivity index (χ0v) is 29.1. The van der Waals surface area contributed by atoms with Gasteiger partial charge in [0.1, 0.15) is 0 Å². The normalized spacial score (nSPS) is 14.1. The average Bonchev–Trinajstić information content (AvgIpc) is 3.11. The zero-order valence-electron chi connectivity index (χ0n) is 29.1. The summed E-state index contributed by atoms with van der Waals surface area (Å²) in [5, 5.41) is 3.28. The van der Waals surface area contributed by atoms with Gasteiger partial charge in [0.25, 0.3) is 0 Å². The van der Waals surface area contributed by atoms with Gasteiger partial charge in [-0.05, 0) is 98.4 Å². The van der Waals surface area contributed by atoms with Crippen LogP contribution >= 0.6 is 0 Å². The van der Waals surface area contributed by atoms with Crippen molar-refractivity contribution in [2.45, 2.75) is 54.4 Å². The van der Waals surface area contributed by atoms with E-state index in [1.54, 1.807) is 0 Å². The maximum absolute atomic E-state index is 6.18. The Hall–Kier alpha value is -5.22. The van der Waals surface area contributed by atoms with Crippen molar-refractivity contribution in [2.75, 3.05) is 12.8 Å². The Balaban J connectivity index is 0.000000676. The van der Waals surface area contributed by atoms with Crippen LogP contribution in [0, 0.1) is 0 Å². The van der Waals surface area contributed by atoms with Crippen molar-refractivity contribution >= 4 is 16.8 Å². The van der Waals surface area contributed by atoms with Crippen LogP contribution in [0.25, 0.3) is 44.9 Å². The molecule has 47 heavy (non-hydrogen) atoms. The van der Waals surface area contributed by atoms with Crippen LogP contribution < -0.4 is 11.1 Å². The molecule has 0 spiro atoms. The van der Waals surface area contributed by atoms with Crippen molar-refractivity contribution in [1.82, 2.24) is 15.3 Å². The molecule has 3 N–H and O–H groups in total. The van der Waals surface area contributed by atoms with E-state index in [-0.39, 0.29) is 0 Å². The summed E-state index contributed by atoms with van der Waals surface area (Å²) in [6.45, 7) is 12.1. The molecule has 0 radical (unpaired) electrons. The van der Waals surface area contributed by atoms with Gasteiger partial charge < -0.3 is 11.1 Å². The second kappa shape index (κ2) is 19.3. The molecule has 1 aliphatic carbocycles. The van der Waals surface area contributed by atoms with E-state index in [4.69, 9.17) is 15.7 Å². The smallest absolute Gasteiger partial charge is 0.160 e. The highest BCUT2D eigenvalue weighted by Gasteiger charge is 2.14. The van der Waals surface area contributed by atoms with Gasteiger partial charge in [-0.25, -0.2) is 9.97 Å². The maximum Gasteiger partial charge on any atom is 0.160 e. The highest BCUT2D eigenvalue weighted by molar-refractivity contribution is 5.83. The molecule has 0 bridgehead atoms. The van der Waals surface area contributed by atoms with Gasteiger partial charge in [0, 0.05) is 36.0 Å². The molecule has 4 nitrogen and oxygen atoms in total. The molecule has 0 aliphatic heterocycles. The number of hydrogen-bond donors (Lipinski definition) is 2. The molecule has 242 valence electrons. The van der Waals surface area contributed by atoms with Gasteiger partial charge in [-0.2, -0.15) is 0 Å². The predicted octanol–water partition coefficient (Wildman–Crippen LogP) is 11.5. The van der Waals surface area contributed by atoms with Crippen molar-refractivity contribution < 1.29 is 0 Å². The summed E-state index contributed by atoms with van der Waals surface area (Å²) < 4.78 is 0. The van der Waals surface area contributed by atoms with Gasteiger partial charge in [0.15, 0.2) is 5.82 Å². The molecule has 0 atom stereocenters. The molecular weight excluding hydrogens is 573 g/mol. The van der Waals surface area contributed by atoms with E-state index in [0.717, 1.165) is 63.3 Å². The number of allylic oxidation sites excluding steroid dienone is 11. The highest BCUT2D eigenvalue weighted by Crippen LogP contribution is 2.33. The van der Waals surface area contributed by atoms with Gasteiger partial charge in [-0.3, -0.25) is 0 Å². The minimum atomic E-state index is 0.701. The molecule has 3 aromatic carbocycles. The van der Waals surface area contributed by atoms with Gasteiger partial charge in [-0.15, -0.1) is 0 Å². The third kappa shape index (κ3) is 10.7.